The largest absolute Gasteiger partial charge is 0.307 e. The average Bonchev–Trinajstić information content (AvgIpc) is 2.07. The number of hydrogen-bond donors (Lipinski definition) is 0. The van der Waals surface area contributed by atoms with Crippen molar-refractivity contribution in [3.8, 4) is 0 Å². The third kappa shape index (κ3) is 11.1. The Balaban J connectivity index is 0. The molecule has 0 saturated carbocycles. The highest BCUT2D eigenvalue weighted by atomic mass is 16.2. The predicted octanol–water partition coefficient (Wildman–Crippen LogP) is 2.18. The summed E-state index contributed by atoms with van der Waals surface area (Å²) in [6, 6.07) is 0. The number of hydrogen-bond acceptors (Lipinski definition) is 2. The number of carbonyl (C=O) groups excluding carboxylic acids is 1. The highest BCUT2D eigenvalue weighted by Gasteiger charge is 1.95. The maximum atomic E-state index is 10.7. The Labute approximate surface area is 81.8 Å². The maximum absolute atomic E-state index is 10.7. The van der Waals surface area contributed by atoms with Gasteiger partial charge < -0.3 is 4.90 Å². The van der Waals surface area contributed by atoms with Gasteiger partial charge in [0, 0.05) is 20.5 Å². The van der Waals surface area contributed by atoms with Gasteiger partial charge in [-0.1, -0.05) is 27.7 Å². The second kappa shape index (κ2) is 9.23. The molecule has 0 N–H and O–H groups in total. The van der Waals surface area contributed by atoms with Crippen molar-refractivity contribution < 1.29 is 4.79 Å². The number of rotatable bonds is 3. The van der Waals surface area contributed by atoms with E-state index in [9.17, 15) is 4.79 Å². The zero-order valence-corrected chi connectivity index (χ0v) is 9.66. The summed E-state index contributed by atoms with van der Waals surface area (Å²) in [5, 5.41) is 0. The molecule has 0 unspecified atom stereocenters. The summed E-state index contributed by atoms with van der Waals surface area (Å²) < 4.78 is 0. The number of aliphatic imine (C=N–C) groups is 1. The van der Waals surface area contributed by atoms with Crippen LogP contribution in [0.25, 0.3) is 0 Å². The van der Waals surface area contributed by atoms with Gasteiger partial charge in [-0.2, -0.15) is 0 Å². The van der Waals surface area contributed by atoms with Crippen molar-refractivity contribution in [2.45, 2.75) is 34.6 Å². The van der Waals surface area contributed by atoms with E-state index in [0.717, 1.165) is 6.54 Å². The van der Waals surface area contributed by atoms with Crippen LogP contribution < -0.4 is 0 Å². The molecule has 0 spiro atoms. The number of nitrogens with zero attached hydrogens (tertiary/aromatic N) is 2. The molecule has 0 aliphatic carbocycles. The topological polar surface area (TPSA) is 32.7 Å². The smallest absolute Gasteiger partial charge is 0.224 e. The molecule has 0 aliphatic heterocycles. The minimum atomic E-state index is 0.0116. The van der Waals surface area contributed by atoms with Gasteiger partial charge in [-0.05, 0) is 5.92 Å². The van der Waals surface area contributed by atoms with E-state index in [1.807, 2.05) is 13.8 Å². The van der Waals surface area contributed by atoms with Gasteiger partial charge in [0.15, 0.2) is 0 Å². The molecule has 0 heterocycles. The molecule has 0 aliphatic rings. The Kier molecular flexibility index (Phi) is 10.4. The molecule has 13 heavy (non-hydrogen) atoms. The normalized spacial score (nSPS) is 9.77. The van der Waals surface area contributed by atoms with Crippen LogP contribution in [0.2, 0.25) is 0 Å². The summed E-state index contributed by atoms with van der Waals surface area (Å²) in [5.41, 5.74) is 0. The molecule has 0 fully saturated rings. The Hall–Kier alpha value is -0.860. The summed E-state index contributed by atoms with van der Waals surface area (Å²) in [6.45, 7) is 10.5. The van der Waals surface area contributed by atoms with E-state index < -0.39 is 0 Å². The summed E-state index contributed by atoms with van der Waals surface area (Å²) in [6.07, 6.45) is 1.57. The molecular formula is C10H22N2O. The van der Waals surface area contributed by atoms with Crippen LogP contribution in [0.4, 0.5) is 0 Å². The summed E-state index contributed by atoms with van der Waals surface area (Å²) in [4.78, 5) is 16.2. The van der Waals surface area contributed by atoms with Crippen molar-refractivity contribution in [1.82, 2.24) is 4.90 Å². The third-order valence-electron chi connectivity index (χ3n) is 1.22. The van der Waals surface area contributed by atoms with Crippen molar-refractivity contribution >= 4 is 12.2 Å². The van der Waals surface area contributed by atoms with Gasteiger partial charge >= 0.3 is 0 Å². The molecule has 0 aromatic rings. The van der Waals surface area contributed by atoms with Crippen molar-refractivity contribution in [3.05, 3.63) is 0 Å². The molecular weight excluding hydrogens is 164 g/mol. The number of amides is 1. The molecule has 0 atom stereocenters. The van der Waals surface area contributed by atoms with Gasteiger partial charge in [0.1, 0.15) is 0 Å². The molecule has 0 radical (unpaired) electrons. The zero-order valence-electron chi connectivity index (χ0n) is 9.66. The molecule has 0 aromatic carbocycles. The lowest BCUT2D eigenvalue weighted by atomic mass is 10.2. The van der Waals surface area contributed by atoms with Gasteiger partial charge in [0.05, 0.1) is 6.34 Å². The van der Waals surface area contributed by atoms with E-state index in [1.54, 1.807) is 13.4 Å². The predicted molar refractivity (Wildman–Crippen MR) is 58.0 cm³/mol. The molecule has 0 bridgehead atoms. The van der Waals surface area contributed by atoms with Crippen molar-refractivity contribution in [1.29, 1.82) is 0 Å². The lowest BCUT2D eigenvalue weighted by Gasteiger charge is -2.06. The SMILES string of the molecule is CC.CC(=O)N(C)C=NCC(C)C. The first-order valence-corrected chi connectivity index (χ1v) is 4.77. The molecule has 0 saturated heterocycles. The van der Waals surface area contributed by atoms with Crippen molar-refractivity contribution in [2.75, 3.05) is 13.6 Å². The van der Waals surface area contributed by atoms with Crippen LogP contribution in [0.5, 0.6) is 0 Å². The van der Waals surface area contributed by atoms with E-state index >= 15 is 0 Å². The minimum Gasteiger partial charge on any atom is -0.307 e. The second-order valence-corrected chi connectivity index (χ2v) is 3.00. The Bertz CT molecular complexity index is 153. The molecule has 3 heteroatoms. The van der Waals surface area contributed by atoms with Crippen LogP contribution >= 0.6 is 0 Å². The second-order valence-electron chi connectivity index (χ2n) is 3.00. The molecule has 3 nitrogen and oxygen atoms in total. The highest BCUT2D eigenvalue weighted by molar-refractivity contribution is 5.85. The Morgan fingerprint density at radius 1 is 1.46 bits per heavy atom. The fraction of sp³-hybridized carbons (Fsp3) is 0.800. The van der Waals surface area contributed by atoms with Crippen LogP contribution in [0, 0.1) is 5.92 Å². The Morgan fingerprint density at radius 2 is 1.92 bits per heavy atom. The summed E-state index contributed by atoms with van der Waals surface area (Å²) in [5.74, 6) is 0.559. The first kappa shape index (κ1) is 14.7. The van der Waals surface area contributed by atoms with Crippen LogP contribution in [0.1, 0.15) is 34.6 Å². The maximum Gasteiger partial charge on any atom is 0.224 e. The third-order valence-corrected chi connectivity index (χ3v) is 1.22. The van der Waals surface area contributed by atoms with Crippen LogP contribution in [-0.4, -0.2) is 30.7 Å². The first-order chi connectivity index (χ1) is 6.04. The molecule has 0 aromatic heterocycles. The van der Waals surface area contributed by atoms with Gasteiger partial charge in [-0.3, -0.25) is 9.79 Å². The average molecular weight is 186 g/mol. The first-order valence-electron chi connectivity index (χ1n) is 4.77. The fourth-order valence-electron chi connectivity index (χ4n) is 0.462. The fourth-order valence-corrected chi connectivity index (χ4v) is 0.462. The lowest BCUT2D eigenvalue weighted by molar-refractivity contribution is -0.123. The van der Waals surface area contributed by atoms with E-state index in [4.69, 9.17) is 0 Å². The van der Waals surface area contributed by atoms with Gasteiger partial charge in [0.2, 0.25) is 5.91 Å². The molecule has 0 rings (SSSR count). The van der Waals surface area contributed by atoms with E-state index in [0.29, 0.717) is 5.92 Å². The van der Waals surface area contributed by atoms with Crippen molar-refractivity contribution in [2.24, 2.45) is 10.9 Å². The van der Waals surface area contributed by atoms with Gasteiger partial charge in [-0.25, -0.2) is 0 Å². The van der Waals surface area contributed by atoms with E-state index in [2.05, 4.69) is 18.8 Å². The minimum absolute atomic E-state index is 0.0116. The van der Waals surface area contributed by atoms with Crippen molar-refractivity contribution in [3.63, 3.8) is 0 Å². The quantitative estimate of drug-likeness (QED) is 0.491. The lowest BCUT2D eigenvalue weighted by Crippen LogP contribution is -2.21. The van der Waals surface area contributed by atoms with Crippen LogP contribution in [0.3, 0.4) is 0 Å². The summed E-state index contributed by atoms with van der Waals surface area (Å²) in [7, 11) is 1.70. The van der Waals surface area contributed by atoms with E-state index in [1.165, 1.54) is 11.8 Å². The highest BCUT2D eigenvalue weighted by Crippen LogP contribution is 1.90. The van der Waals surface area contributed by atoms with Crippen LogP contribution in [-0.2, 0) is 4.79 Å². The standard InChI is InChI=1S/C8H16N2O.C2H6/c1-7(2)5-9-6-10(4)8(3)11;1-2/h6-7H,5H2,1-4H3;1-2H3. The Morgan fingerprint density at radius 3 is 2.23 bits per heavy atom. The van der Waals surface area contributed by atoms with Gasteiger partial charge in [0.25, 0.3) is 0 Å². The number of carbonyl (C=O) groups is 1. The van der Waals surface area contributed by atoms with Gasteiger partial charge in [-0.15, -0.1) is 0 Å². The van der Waals surface area contributed by atoms with Crippen LogP contribution in [0.15, 0.2) is 4.99 Å². The zero-order chi connectivity index (χ0) is 10.9. The molecule has 78 valence electrons. The summed E-state index contributed by atoms with van der Waals surface area (Å²) >= 11 is 0. The monoisotopic (exact) mass is 186 g/mol. The van der Waals surface area contributed by atoms with E-state index in [-0.39, 0.29) is 5.91 Å². The molecule has 1 amide bonds.